The lowest BCUT2D eigenvalue weighted by Gasteiger charge is -2.15. The van der Waals surface area contributed by atoms with Crippen molar-refractivity contribution in [3.05, 3.63) is 38.3 Å². The van der Waals surface area contributed by atoms with Gasteiger partial charge in [0.15, 0.2) is 0 Å². The van der Waals surface area contributed by atoms with Crippen LogP contribution in [-0.2, 0) is 13.5 Å². The van der Waals surface area contributed by atoms with Crippen LogP contribution in [0.25, 0.3) is 0 Å². The second-order valence-electron chi connectivity index (χ2n) is 3.92. The molecule has 17 heavy (non-hydrogen) atoms. The van der Waals surface area contributed by atoms with Gasteiger partial charge in [0.25, 0.3) is 0 Å². The van der Waals surface area contributed by atoms with E-state index in [1.807, 2.05) is 17.9 Å². The number of rotatable bonds is 4. The molecule has 6 heteroatoms. The Bertz CT molecular complexity index is 505. The molecule has 0 aliphatic rings. The first-order valence-electron chi connectivity index (χ1n) is 5.30. The van der Waals surface area contributed by atoms with Gasteiger partial charge in [-0.3, -0.25) is 16.0 Å². The highest BCUT2D eigenvalue weighted by Crippen LogP contribution is 2.28. The largest absolute Gasteiger partial charge is 0.273 e. The van der Waals surface area contributed by atoms with E-state index < -0.39 is 0 Å². The van der Waals surface area contributed by atoms with Crippen LogP contribution in [0.2, 0.25) is 0 Å². The number of hydrazine groups is 1. The molecule has 0 saturated heterocycles. The predicted molar refractivity (Wildman–Crippen MR) is 73.7 cm³/mol. The number of aryl methyl sites for hydroxylation is 1. The van der Waals surface area contributed by atoms with Crippen molar-refractivity contribution in [3.8, 4) is 0 Å². The first-order chi connectivity index (χ1) is 8.13. The Morgan fingerprint density at radius 1 is 1.65 bits per heavy atom. The molecule has 0 spiro atoms. The molecular weight excluding hydrogens is 300 g/mol. The topological polar surface area (TPSA) is 55.9 Å². The lowest BCUT2D eigenvalue weighted by atomic mass is 10.0. The molecule has 2 aromatic heterocycles. The van der Waals surface area contributed by atoms with E-state index in [1.54, 1.807) is 11.3 Å². The van der Waals surface area contributed by atoms with Gasteiger partial charge in [-0.2, -0.15) is 5.10 Å². The van der Waals surface area contributed by atoms with Gasteiger partial charge in [0, 0.05) is 34.1 Å². The number of halogens is 1. The lowest BCUT2D eigenvalue weighted by molar-refractivity contribution is 0.551. The van der Waals surface area contributed by atoms with E-state index in [4.69, 9.17) is 5.84 Å². The molecule has 2 aromatic rings. The number of hydrogen-bond donors (Lipinski definition) is 2. The monoisotopic (exact) mass is 314 g/mol. The molecule has 92 valence electrons. The average molecular weight is 315 g/mol. The summed E-state index contributed by atoms with van der Waals surface area (Å²) in [6.07, 6.45) is 2.74. The third kappa shape index (κ3) is 2.60. The van der Waals surface area contributed by atoms with Crippen LogP contribution in [0.3, 0.4) is 0 Å². The van der Waals surface area contributed by atoms with E-state index in [0.29, 0.717) is 0 Å². The smallest absolute Gasteiger partial charge is 0.0542 e. The number of nitrogens with two attached hydrogens (primary N) is 1. The Hall–Kier alpha value is -0.690. The number of thiophene rings is 1. The number of nitrogens with zero attached hydrogens (tertiary/aromatic N) is 2. The SMILES string of the molecule is Cc1c(C(Cc2sccc2Br)NN)cnn1C. The summed E-state index contributed by atoms with van der Waals surface area (Å²) in [7, 11) is 1.94. The Labute approximate surface area is 113 Å². The van der Waals surface area contributed by atoms with E-state index in [1.165, 1.54) is 4.88 Å². The van der Waals surface area contributed by atoms with E-state index in [-0.39, 0.29) is 6.04 Å². The van der Waals surface area contributed by atoms with Crippen molar-refractivity contribution in [2.24, 2.45) is 12.9 Å². The van der Waals surface area contributed by atoms with Crippen molar-refractivity contribution in [2.45, 2.75) is 19.4 Å². The second kappa shape index (κ2) is 5.30. The molecule has 0 bridgehead atoms. The molecular formula is C11H15BrN4S. The quantitative estimate of drug-likeness (QED) is 0.672. The van der Waals surface area contributed by atoms with E-state index in [9.17, 15) is 0 Å². The van der Waals surface area contributed by atoms with Crippen molar-refractivity contribution in [3.63, 3.8) is 0 Å². The fourth-order valence-corrected chi connectivity index (χ4v) is 3.33. The summed E-state index contributed by atoms with van der Waals surface area (Å²) in [6, 6.07) is 2.16. The summed E-state index contributed by atoms with van der Waals surface area (Å²) in [5, 5.41) is 6.32. The third-order valence-electron chi connectivity index (χ3n) is 2.93. The van der Waals surface area contributed by atoms with E-state index in [2.05, 4.69) is 44.8 Å². The van der Waals surface area contributed by atoms with Crippen LogP contribution >= 0.6 is 27.3 Å². The molecule has 0 amide bonds. The first-order valence-corrected chi connectivity index (χ1v) is 6.97. The van der Waals surface area contributed by atoms with Gasteiger partial charge >= 0.3 is 0 Å². The van der Waals surface area contributed by atoms with Crippen LogP contribution in [0, 0.1) is 6.92 Å². The van der Waals surface area contributed by atoms with Crippen molar-refractivity contribution in [2.75, 3.05) is 0 Å². The standard InChI is InChI=1S/C11H15BrN4S/c1-7-8(6-14-16(7)2)10(15-13)5-11-9(12)3-4-17-11/h3-4,6,10,15H,5,13H2,1-2H3. The maximum atomic E-state index is 5.65. The molecule has 2 heterocycles. The Morgan fingerprint density at radius 3 is 2.88 bits per heavy atom. The predicted octanol–water partition coefficient (Wildman–Crippen LogP) is 2.30. The summed E-state index contributed by atoms with van der Waals surface area (Å²) in [4.78, 5) is 1.29. The van der Waals surface area contributed by atoms with Crippen LogP contribution in [-0.4, -0.2) is 9.78 Å². The van der Waals surface area contributed by atoms with Crippen LogP contribution in [0.15, 0.2) is 22.1 Å². The van der Waals surface area contributed by atoms with Crippen molar-refractivity contribution >= 4 is 27.3 Å². The lowest BCUT2D eigenvalue weighted by Crippen LogP contribution is -2.29. The van der Waals surface area contributed by atoms with Gasteiger partial charge in [-0.1, -0.05) is 0 Å². The number of hydrogen-bond acceptors (Lipinski definition) is 4. The minimum Gasteiger partial charge on any atom is -0.273 e. The summed E-state index contributed by atoms with van der Waals surface area (Å²) >= 11 is 5.27. The van der Waals surface area contributed by atoms with Gasteiger partial charge in [-0.25, -0.2) is 0 Å². The normalized spacial score (nSPS) is 12.9. The molecule has 0 radical (unpaired) electrons. The van der Waals surface area contributed by atoms with Crippen molar-refractivity contribution < 1.29 is 0 Å². The highest BCUT2D eigenvalue weighted by Gasteiger charge is 2.17. The Morgan fingerprint density at radius 2 is 2.41 bits per heavy atom. The Kier molecular flexibility index (Phi) is 3.98. The van der Waals surface area contributed by atoms with Crippen molar-refractivity contribution in [1.29, 1.82) is 0 Å². The number of nitrogens with one attached hydrogen (secondary N) is 1. The summed E-state index contributed by atoms with van der Waals surface area (Å²) < 4.78 is 3.01. The molecule has 0 aromatic carbocycles. The molecule has 2 rings (SSSR count). The zero-order valence-electron chi connectivity index (χ0n) is 9.77. The molecule has 0 aliphatic heterocycles. The van der Waals surface area contributed by atoms with Crippen LogP contribution in [0.4, 0.5) is 0 Å². The maximum absolute atomic E-state index is 5.65. The number of aromatic nitrogens is 2. The highest BCUT2D eigenvalue weighted by molar-refractivity contribution is 9.10. The van der Waals surface area contributed by atoms with Gasteiger partial charge in [0.05, 0.1) is 12.2 Å². The zero-order valence-corrected chi connectivity index (χ0v) is 12.2. The van der Waals surface area contributed by atoms with Crippen LogP contribution < -0.4 is 11.3 Å². The third-order valence-corrected chi connectivity index (χ3v) is 4.88. The van der Waals surface area contributed by atoms with Gasteiger partial charge in [-0.05, 0) is 34.3 Å². The van der Waals surface area contributed by atoms with Crippen molar-refractivity contribution in [1.82, 2.24) is 15.2 Å². The maximum Gasteiger partial charge on any atom is 0.0542 e. The molecule has 0 fully saturated rings. The zero-order chi connectivity index (χ0) is 12.4. The summed E-state index contributed by atoms with van der Waals surface area (Å²) in [6.45, 7) is 2.05. The summed E-state index contributed by atoms with van der Waals surface area (Å²) in [5.74, 6) is 5.65. The molecule has 4 nitrogen and oxygen atoms in total. The van der Waals surface area contributed by atoms with E-state index in [0.717, 1.165) is 22.2 Å². The van der Waals surface area contributed by atoms with Gasteiger partial charge in [0.1, 0.15) is 0 Å². The first kappa shape index (κ1) is 12.8. The van der Waals surface area contributed by atoms with E-state index >= 15 is 0 Å². The minimum atomic E-state index is 0.0960. The fourth-order valence-electron chi connectivity index (χ4n) is 1.77. The molecule has 1 unspecified atom stereocenters. The van der Waals surface area contributed by atoms with Gasteiger partial charge in [-0.15, -0.1) is 11.3 Å². The molecule has 3 N–H and O–H groups in total. The van der Waals surface area contributed by atoms with Gasteiger partial charge in [0.2, 0.25) is 0 Å². The van der Waals surface area contributed by atoms with Crippen LogP contribution in [0.1, 0.15) is 22.2 Å². The molecule has 0 aliphatic carbocycles. The average Bonchev–Trinajstić information content (AvgIpc) is 2.85. The minimum absolute atomic E-state index is 0.0960. The Balaban J connectivity index is 2.23. The van der Waals surface area contributed by atoms with Gasteiger partial charge < -0.3 is 0 Å². The fraction of sp³-hybridized carbons (Fsp3) is 0.364. The second-order valence-corrected chi connectivity index (χ2v) is 5.78. The summed E-state index contributed by atoms with van der Waals surface area (Å²) in [5.41, 5.74) is 5.16. The van der Waals surface area contributed by atoms with Crippen LogP contribution in [0.5, 0.6) is 0 Å². The highest BCUT2D eigenvalue weighted by atomic mass is 79.9. The molecule has 1 atom stereocenters. The molecule has 0 saturated carbocycles.